The Labute approximate surface area is 258 Å². The summed E-state index contributed by atoms with van der Waals surface area (Å²) in [6.45, 7) is 1.76. The molecule has 1 saturated carbocycles. The van der Waals surface area contributed by atoms with Crippen LogP contribution in [0.3, 0.4) is 0 Å². The van der Waals surface area contributed by atoms with Gasteiger partial charge in [-0.25, -0.2) is 13.8 Å². The average Bonchev–Trinajstić information content (AvgIpc) is 3.74. The number of fused-ring (bicyclic) bond motifs is 1. The van der Waals surface area contributed by atoms with E-state index in [0.717, 1.165) is 46.6 Å². The molecule has 1 fully saturated rings. The van der Waals surface area contributed by atoms with Crippen molar-refractivity contribution in [2.24, 2.45) is 11.8 Å². The molecule has 1 aromatic heterocycles. The zero-order valence-electron chi connectivity index (χ0n) is 22.3. The SMILES string of the molecule is CC(O)(Cc1cccc(C#Cc2ccc3cc(F)c(F)cc3n2)c1)c1ccc(SCC(C(=O)[O-])C2CC2)cc1.[Na+]. The summed E-state index contributed by atoms with van der Waals surface area (Å²) in [6, 6.07) is 20.6. The summed E-state index contributed by atoms with van der Waals surface area (Å²) >= 11 is 1.50. The van der Waals surface area contributed by atoms with E-state index in [9.17, 15) is 23.8 Å². The van der Waals surface area contributed by atoms with Crippen molar-refractivity contribution in [2.75, 3.05) is 5.75 Å². The van der Waals surface area contributed by atoms with Crippen LogP contribution >= 0.6 is 11.8 Å². The molecule has 4 aromatic rings. The summed E-state index contributed by atoms with van der Waals surface area (Å²) in [5, 5.41) is 23.1. The van der Waals surface area contributed by atoms with Gasteiger partial charge in [-0.2, -0.15) is 0 Å². The number of aliphatic hydroxyl groups is 1. The Balaban J connectivity index is 0.00000370. The number of aliphatic carboxylic acids is 1. The maximum absolute atomic E-state index is 13.6. The molecule has 198 valence electrons. The van der Waals surface area contributed by atoms with E-state index in [1.54, 1.807) is 19.1 Å². The number of halogens is 2. The number of pyridine rings is 1. The van der Waals surface area contributed by atoms with E-state index in [1.807, 2.05) is 48.5 Å². The quantitative estimate of drug-likeness (QED) is 0.202. The fraction of sp³-hybridized carbons (Fsp3) is 0.250. The van der Waals surface area contributed by atoms with E-state index in [1.165, 1.54) is 11.8 Å². The van der Waals surface area contributed by atoms with Gasteiger partial charge in [-0.3, -0.25) is 0 Å². The number of hydrogen-bond acceptors (Lipinski definition) is 5. The molecule has 0 aliphatic heterocycles. The number of thioether (sulfide) groups is 1. The summed E-state index contributed by atoms with van der Waals surface area (Å²) in [6.07, 6.45) is 2.28. The fourth-order valence-electron chi connectivity index (χ4n) is 4.57. The molecule has 8 heteroatoms. The third kappa shape index (κ3) is 7.51. The number of carbonyl (C=O) groups excluding carboxylic acids is 1. The molecular formula is C32H26F2NNaO3S. The van der Waals surface area contributed by atoms with Crippen LogP contribution in [0.4, 0.5) is 8.78 Å². The van der Waals surface area contributed by atoms with Crippen LogP contribution in [-0.2, 0) is 16.8 Å². The summed E-state index contributed by atoms with van der Waals surface area (Å²) in [4.78, 5) is 16.6. The van der Waals surface area contributed by atoms with Gasteiger partial charge in [0, 0.05) is 46.0 Å². The molecule has 1 N–H and O–H groups in total. The monoisotopic (exact) mass is 565 g/mol. The standard InChI is InChI=1S/C32H27F2NO3S.Na/c1-32(38,24-9-13-26(14-10-24)39-19-27(31(36)37)22-6-7-22)18-21-4-2-3-20(15-21)5-11-25-12-8-23-16-28(33)29(34)17-30(23)35-25;/h2-4,8-10,12-17,22,27,38H,6-7,18-19H2,1H3,(H,36,37);/q;+1/p-1. The minimum Gasteiger partial charge on any atom is -0.550 e. The van der Waals surface area contributed by atoms with Gasteiger partial charge in [-0.1, -0.05) is 30.2 Å². The van der Waals surface area contributed by atoms with E-state index >= 15 is 0 Å². The van der Waals surface area contributed by atoms with E-state index in [-0.39, 0.29) is 35.5 Å². The molecule has 4 nitrogen and oxygen atoms in total. The van der Waals surface area contributed by atoms with Crippen molar-refractivity contribution in [1.29, 1.82) is 0 Å². The van der Waals surface area contributed by atoms with Crippen molar-refractivity contribution in [1.82, 2.24) is 4.98 Å². The first-order valence-electron chi connectivity index (χ1n) is 12.7. The van der Waals surface area contributed by atoms with Crippen LogP contribution in [0.2, 0.25) is 0 Å². The molecule has 40 heavy (non-hydrogen) atoms. The van der Waals surface area contributed by atoms with Gasteiger partial charge in [-0.05, 0) is 85.2 Å². The minimum absolute atomic E-state index is 0. The third-order valence-corrected chi connectivity index (χ3v) is 8.07. The molecule has 1 aliphatic carbocycles. The third-order valence-electron chi connectivity index (χ3n) is 6.94. The van der Waals surface area contributed by atoms with E-state index in [0.29, 0.717) is 28.8 Å². The van der Waals surface area contributed by atoms with Crippen molar-refractivity contribution in [3.05, 3.63) is 107 Å². The predicted octanol–water partition coefficient (Wildman–Crippen LogP) is 2.24. The topological polar surface area (TPSA) is 73.2 Å². The summed E-state index contributed by atoms with van der Waals surface area (Å²) in [5.41, 5.74) is 2.03. The number of benzene rings is 3. The molecule has 5 rings (SSSR count). The number of aromatic nitrogens is 1. The van der Waals surface area contributed by atoms with E-state index in [2.05, 4.69) is 16.8 Å². The second-order valence-electron chi connectivity index (χ2n) is 10.2. The molecule has 0 amide bonds. The number of carboxylic acid groups (broad SMARTS) is 1. The summed E-state index contributed by atoms with van der Waals surface area (Å²) < 4.78 is 27.0. The van der Waals surface area contributed by atoms with Crippen LogP contribution < -0.4 is 34.7 Å². The van der Waals surface area contributed by atoms with Crippen LogP contribution in [0.15, 0.2) is 77.7 Å². The Morgan fingerprint density at radius 2 is 1.80 bits per heavy atom. The van der Waals surface area contributed by atoms with Gasteiger partial charge in [0.15, 0.2) is 11.6 Å². The number of carboxylic acids is 1. The zero-order chi connectivity index (χ0) is 27.6. The van der Waals surface area contributed by atoms with Crippen LogP contribution in [0.5, 0.6) is 0 Å². The molecule has 0 radical (unpaired) electrons. The Bertz CT molecular complexity index is 1590. The molecule has 2 atom stereocenters. The number of hydrogen-bond donors (Lipinski definition) is 1. The molecule has 0 saturated heterocycles. The molecule has 1 aliphatic rings. The number of rotatable bonds is 8. The van der Waals surface area contributed by atoms with Crippen molar-refractivity contribution < 1.29 is 53.3 Å². The Hall–Kier alpha value is -2.73. The summed E-state index contributed by atoms with van der Waals surface area (Å²) in [7, 11) is 0. The number of carbonyl (C=O) groups is 1. The zero-order valence-corrected chi connectivity index (χ0v) is 25.1. The van der Waals surface area contributed by atoms with Crippen LogP contribution in [0, 0.1) is 35.3 Å². The smallest absolute Gasteiger partial charge is 0.550 e. The van der Waals surface area contributed by atoms with E-state index < -0.39 is 29.1 Å². The maximum atomic E-state index is 13.6. The second kappa shape index (κ2) is 12.8. The largest absolute Gasteiger partial charge is 1.00 e. The Morgan fingerprint density at radius 3 is 2.50 bits per heavy atom. The van der Waals surface area contributed by atoms with Gasteiger partial charge in [0.25, 0.3) is 0 Å². The van der Waals surface area contributed by atoms with Gasteiger partial charge in [0.2, 0.25) is 0 Å². The van der Waals surface area contributed by atoms with Crippen molar-refractivity contribution in [3.63, 3.8) is 0 Å². The van der Waals surface area contributed by atoms with Gasteiger partial charge in [-0.15, -0.1) is 11.8 Å². The minimum atomic E-state index is -1.13. The molecule has 0 bridgehead atoms. The normalized spacial score (nSPS) is 14.9. The van der Waals surface area contributed by atoms with Crippen LogP contribution in [0.1, 0.15) is 42.1 Å². The van der Waals surface area contributed by atoms with Crippen molar-refractivity contribution in [2.45, 2.75) is 36.7 Å². The number of nitrogens with zero attached hydrogens (tertiary/aromatic N) is 1. The van der Waals surface area contributed by atoms with E-state index in [4.69, 9.17) is 0 Å². The van der Waals surface area contributed by atoms with Gasteiger partial charge in [0.1, 0.15) is 5.69 Å². The molecule has 1 heterocycles. The van der Waals surface area contributed by atoms with Crippen LogP contribution in [-0.4, -0.2) is 21.8 Å². The van der Waals surface area contributed by atoms with Crippen molar-refractivity contribution >= 4 is 28.6 Å². The average molecular weight is 566 g/mol. The molecular weight excluding hydrogens is 539 g/mol. The van der Waals surface area contributed by atoms with Crippen LogP contribution in [0.25, 0.3) is 10.9 Å². The first-order chi connectivity index (χ1) is 18.7. The summed E-state index contributed by atoms with van der Waals surface area (Å²) in [5.74, 6) is 3.49. The Kier molecular flexibility index (Phi) is 9.71. The first-order valence-corrected chi connectivity index (χ1v) is 13.7. The fourth-order valence-corrected chi connectivity index (χ4v) is 5.68. The van der Waals surface area contributed by atoms with Gasteiger partial charge >= 0.3 is 29.6 Å². The molecule has 2 unspecified atom stereocenters. The molecule has 3 aromatic carbocycles. The van der Waals surface area contributed by atoms with Gasteiger partial charge in [0.05, 0.1) is 11.1 Å². The maximum Gasteiger partial charge on any atom is 1.00 e. The first kappa shape index (κ1) is 30.2. The molecule has 0 spiro atoms. The van der Waals surface area contributed by atoms with Crippen molar-refractivity contribution in [3.8, 4) is 11.8 Å². The Morgan fingerprint density at radius 1 is 1.07 bits per heavy atom. The predicted molar refractivity (Wildman–Crippen MR) is 146 cm³/mol. The second-order valence-corrected chi connectivity index (χ2v) is 11.2. The van der Waals surface area contributed by atoms with Gasteiger partial charge < -0.3 is 15.0 Å².